The number of H-pyrrole nitrogens is 1. The van der Waals surface area contributed by atoms with Crippen LogP contribution in [0.25, 0.3) is 0 Å². The Hall–Kier alpha value is -2.77. The van der Waals surface area contributed by atoms with E-state index in [2.05, 4.69) is 38.1 Å². The Bertz CT molecular complexity index is 870. The normalized spacial score (nSPS) is 25.9. The molecule has 1 aromatic heterocycles. The van der Waals surface area contributed by atoms with Gasteiger partial charge in [-0.2, -0.15) is 5.21 Å². The number of carbonyl (C=O) groups is 1. The first-order valence-electron chi connectivity index (χ1n) is 10.6. The molecule has 0 aliphatic heterocycles. The van der Waals surface area contributed by atoms with Gasteiger partial charge in [0.1, 0.15) is 12.4 Å². The predicted octanol–water partition coefficient (Wildman–Crippen LogP) is 3.75. The number of rotatable bonds is 8. The number of nitrogens with one attached hydrogen (secondary N) is 2. The molecule has 3 fully saturated rings. The Labute approximate surface area is 175 Å². The largest absolute Gasteiger partial charge is 0.489 e. The fraction of sp³-hybridized carbons (Fsp3) is 0.545. The van der Waals surface area contributed by atoms with Crippen molar-refractivity contribution in [2.75, 3.05) is 6.61 Å². The van der Waals surface area contributed by atoms with Crippen LogP contribution in [0.1, 0.15) is 63.3 Å². The van der Waals surface area contributed by atoms with E-state index in [1.165, 1.54) is 5.56 Å². The van der Waals surface area contributed by atoms with E-state index in [0.717, 1.165) is 44.3 Å². The number of aromatic amines is 1. The molecule has 0 spiro atoms. The molecule has 160 valence electrons. The summed E-state index contributed by atoms with van der Waals surface area (Å²) in [6.45, 7) is 2.49. The Morgan fingerprint density at radius 3 is 2.47 bits per heavy atom. The van der Waals surface area contributed by atoms with E-state index in [4.69, 9.17) is 4.74 Å². The number of aromatic nitrogens is 4. The quantitative estimate of drug-likeness (QED) is 0.688. The van der Waals surface area contributed by atoms with Crippen LogP contribution in [0, 0.1) is 5.41 Å². The molecule has 1 aromatic carbocycles. The number of carbonyl (C=O) groups excluding carboxylic acids is 1. The highest BCUT2D eigenvalue weighted by Crippen LogP contribution is 2.57. The minimum Gasteiger partial charge on any atom is -0.489 e. The van der Waals surface area contributed by atoms with Crippen LogP contribution in [0.15, 0.2) is 36.2 Å². The van der Waals surface area contributed by atoms with Gasteiger partial charge in [-0.25, -0.2) is 4.39 Å². The maximum Gasteiger partial charge on any atom is 0.226 e. The summed E-state index contributed by atoms with van der Waals surface area (Å²) in [5, 5.41) is 16.7. The summed E-state index contributed by atoms with van der Waals surface area (Å²) in [6, 6.07) is 8.22. The lowest BCUT2D eigenvalue weighted by Crippen LogP contribution is -2.51. The highest BCUT2D eigenvalue weighted by atomic mass is 19.1. The molecule has 0 unspecified atom stereocenters. The zero-order chi connectivity index (χ0) is 21.0. The molecule has 5 rings (SSSR count). The number of halogens is 1. The fourth-order valence-electron chi connectivity index (χ4n) is 4.85. The maximum atomic E-state index is 12.9. The van der Waals surface area contributed by atoms with E-state index in [9.17, 15) is 9.18 Å². The van der Waals surface area contributed by atoms with Gasteiger partial charge in [-0.1, -0.05) is 24.3 Å². The molecular formula is C22H28FN5O2. The lowest BCUT2D eigenvalue weighted by molar-refractivity contribution is -0.138. The molecule has 3 saturated carbocycles. The summed E-state index contributed by atoms with van der Waals surface area (Å²) in [4.78, 5) is 12.9. The molecule has 1 amide bonds. The molecule has 2 N–H and O–H groups in total. The third-order valence-corrected chi connectivity index (χ3v) is 7.02. The van der Waals surface area contributed by atoms with Crippen molar-refractivity contribution in [2.24, 2.45) is 5.41 Å². The Balaban J connectivity index is 1.36. The standard InChI is InChI=1S/C22H28FN5O2/c1-2-16(13-23)15-30-18-5-3-17(4-6-18)21-7-10-22(11-8-21,12-9-21)20(29)24-14-19-25-27-28-26-19/h3-6,13H,2,7-12,14-15H2,1H3,(H,24,29)(H,25,26,27,28)/b16-13+. The van der Waals surface area contributed by atoms with Gasteiger partial charge in [0.15, 0.2) is 5.82 Å². The predicted molar refractivity (Wildman–Crippen MR) is 109 cm³/mol. The second kappa shape index (κ2) is 8.53. The van der Waals surface area contributed by atoms with E-state index >= 15 is 0 Å². The molecule has 2 aromatic rings. The van der Waals surface area contributed by atoms with Crippen molar-refractivity contribution in [3.8, 4) is 5.75 Å². The van der Waals surface area contributed by atoms with E-state index in [1.807, 2.05) is 19.1 Å². The van der Waals surface area contributed by atoms with Gasteiger partial charge >= 0.3 is 0 Å². The van der Waals surface area contributed by atoms with Crippen molar-refractivity contribution >= 4 is 5.91 Å². The van der Waals surface area contributed by atoms with Crippen molar-refractivity contribution in [2.45, 2.75) is 63.8 Å². The molecule has 2 bridgehead atoms. The van der Waals surface area contributed by atoms with Gasteiger partial charge in [0, 0.05) is 5.41 Å². The number of hydrogen-bond acceptors (Lipinski definition) is 5. The van der Waals surface area contributed by atoms with Gasteiger partial charge in [-0.3, -0.25) is 4.79 Å². The van der Waals surface area contributed by atoms with E-state index in [-0.39, 0.29) is 23.3 Å². The molecule has 7 nitrogen and oxygen atoms in total. The first kappa shape index (κ1) is 20.5. The first-order valence-corrected chi connectivity index (χ1v) is 10.6. The lowest BCUT2D eigenvalue weighted by atomic mass is 9.51. The molecule has 1 heterocycles. The van der Waals surface area contributed by atoms with Crippen LogP contribution < -0.4 is 10.1 Å². The van der Waals surface area contributed by atoms with Gasteiger partial charge in [0.2, 0.25) is 5.91 Å². The van der Waals surface area contributed by atoms with E-state index in [1.54, 1.807) is 0 Å². The van der Waals surface area contributed by atoms with Gasteiger partial charge in [-0.05, 0) is 73.6 Å². The van der Waals surface area contributed by atoms with Crippen LogP contribution in [0.5, 0.6) is 5.75 Å². The maximum absolute atomic E-state index is 12.9. The topological polar surface area (TPSA) is 92.8 Å². The zero-order valence-electron chi connectivity index (χ0n) is 17.3. The highest BCUT2D eigenvalue weighted by molar-refractivity contribution is 5.83. The number of nitrogens with zero attached hydrogens (tertiary/aromatic N) is 3. The van der Waals surface area contributed by atoms with Crippen LogP contribution in [0.3, 0.4) is 0 Å². The molecule has 3 aliphatic rings. The molecule has 30 heavy (non-hydrogen) atoms. The average Bonchev–Trinajstić information content (AvgIpc) is 3.33. The summed E-state index contributed by atoms with van der Waals surface area (Å²) < 4.78 is 18.4. The van der Waals surface area contributed by atoms with Crippen LogP contribution in [-0.4, -0.2) is 33.1 Å². The minimum atomic E-state index is -0.274. The summed E-state index contributed by atoms with van der Waals surface area (Å²) in [5.74, 6) is 1.36. The molecular weight excluding hydrogens is 385 g/mol. The third kappa shape index (κ3) is 3.95. The smallest absolute Gasteiger partial charge is 0.226 e. The van der Waals surface area contributed by atoms with Crippen molar-refractivity contribution < 1.29 is 13.9 Å². The van der Waals surface area contributed by atoms with Crippen molar-refractivity contribution in [3.05, 3.63) is 47.6 Å². The molecule has 8 heteroatoms. The van der Waals surface area contributed by atoms with Crippen molar-refractivity contribution in [1.82, 2.24) is 25.9 Å². The number of ether oxygens (including phenoxy) is 1. The SMILES string of the molecule is CC/C(=C\F)COc1ccc(C23CCC(C(=O)NCc4nn[nH]n4)(CC2)CC3)cc1. The van der Waals surface area contributed by atoms with Gasteiger partial charge in [0.05, 0.1) is 12.9 Å². The third-order valence-electron chi connectivity index (χ3n) is 7.02. The zero-order valence-corrected chi connectivity index (χ0v) is 17.3. The van der Waals surface area contributed by atoms with Gasteiger partial charge in [0.25, 0.3) is 0 Å². The van der Waals surface area contributed by atoms with Crippen LogP contribution in [-0.2, 0) is 16.8 Å². The van der Waals surface area contributed by atoms with E-state index < -0.39 is 0 Å². The van der Waals surface area contributed by atoms with Gasteiger partial charge in [-0.15, -0.1) is 10.2 Å². The molecule has 0 radical (unpaired) electrons. The summed E-state index contributed by atoms with van der Waals surface area (Å²) in [5.41, 5.74) is 1.82. The Morgan fingerprint density at radius 1 is 1.20 bits per heavy atom. The Morgan fingerprint density at radius 2 is 1.90 bits per heavy atom. The van der Waals surface area contributed by atoms with Crippen molar-refractivity contribution in [3.63, 3.8) is 0 Å². The lowest BCUT2D eigenvalue weighted by Gasteiger charge is -2.52. The van der Waals surface area contributed by atoms with Crippen LogP contribution in [0.2, 0.25) is 0 Å². The summed E-state index contributed by atoms with van der Waals surface area (Å²) >= 11 is 0. The summed E-state index contributed by atoms with van der Waals surface area (Å²) in [7, 11) is 0. The highest BCUT2D eigenvalue weighted by Gasteiger charge is 2.52. The van der Waals surface area contributed by atoms with Gasteiger partial charge < -0.3 is 10.1 Å². The number of amides is 1. The number of tetrazole rings is 1. The molecule has 0 saturated heterocycles. The average molecular weight is 413 g/mol. The monoisotopic (exact) mass is 413 g/mol. The second-order valence-corrected chi connectivity index (χ2v) is 8.51. The Kier molecular flexibility index (Phi) is 5.83. The number of benzene rings is 1. The molecule has 3 aliphatic carbocycles. The van der Waals surface area contributed by atoms with Crippen LogP contribution in [0.4, 0.5) is 4.39 Å². The minimum absolute atomic E-state index is 0.108. The van der Waals surface area contributed by atoms with Crippen molar-refractivity contribution in [1.29, 1.82) is 0 Å². The second-order valence-electron chi connectivity index (χ2n) is 8.51. The summed E-state index contributed by atoms with van der Waals surface area (Å²) in [6.07, 6.45) is 6.97. The first-order chi connectivity index (χ1) is 14.6. The fourth-order valence-corrected chi connectivity index (χ4v) is 4.85. The number of hydrogen-bond donors (Lipinski definition) is 2. The van der Waals surface area contributed by atoms with Crippen LogP contribution >= 0.6 is 0 Å². The van der Waals surface area contributed by atoms with E-state index in [0.29, 0.717) is 30.7 Å². The number of fused-ring (bicyclic) bond motifs is 3. The molecule has 0 atom stereocenters.